The predicted octanol–water partition coefficient (Wildman–Crippen LogP) is 1.93. The van der Waals surface area contributed by atoms with Gasteiger partial charge in [-0.3, -0.25) is 0 Å². The lowest BCUT2D eigenvalue weighted by molar-refractivity contribution is 0.437. The van der Waals surface area contributed by atoms with Gasteiger partial charge in [-0.2, -0.15) is 4.98 Å². The first-order valence-electron chi connectivity index (χ1n) is 5.70. The molecule has 1 aromatic heterocycles. The van der Waals surface area contributed by atoms with Crippen LogP contribution in [0.15, 0.2) is 24.3 Å². The van der Waals surface area contributed by atoms with Crippen LogP contribution in [0.2, 0.25) is 0 Å². The molecule has 0 saturated carbocycles. The average Bonchev–Trinajstić information content (AvgIpc) is 2.70. The third kappa shape index (κ3) is 1.67. The second-order valence-corrected chi connectivity index (χ2v) is 4.27. The molecule has 2 aromatic rings. The summed E-state index contributed by atoms with van der Waals surface area (Å²) in [5, 5.41) is 4.12. The van der Waals surface area contributed by atoms with E-state index in [9.17, 15) is 4.39 Å². The van der Waals surface area contributed by atoms with Gasteiger partial charge in [0.05, 0.1) is 0 Å². The van der Waals surface area contributed by atoms with E-state index >= 15 is 0 Å². The molecule has 1 aliphatic rings. The smallest absolute Gasteiger partial charge is 0.239 e. The first-order chi connectivity index (χ1) is 8.25. The number of rotatable bonds is 1. The quantitative estimate of drug-likeness (QED) is 0.817. The first-order valence-corrected chi connectivity index (χ1v) is 5.70. The number of halogens is 1. The van der Waals surface area contributed by atoms with Crippen molar-refractivity contribution < 1.29 is 4.39 Å². The van der Waals surface area contributed by atoms with Crippen LogP contribution in [0.1, 0.15) is 30.1 Å². The fourth-order valence-corrected chi connectivity index (χ4v) is 2.42. The summed E-state index contributed by atoms with van der Waals surface area (Å²) in [6.07, 6.45) is 1.86. The second kappa shape index (κ2) is 3.84. The Kier molecular flexibility index (Phi) is 2.31. The highest BCUT2D eigenvalue weighted by Gasteiger charge is 2.27. The van der Waals surface area contributed by atoms with Gasteiger partial charge in [0.25, 0.3) is 0 Å². The second-order valence-electron chi connectivity index (χ2n) is 4.27. The Hall–Kier alpha value is -1.91. The molecule has 0 saturated heterocycles. The van der Waals surface area contributed by atoms with Gasteiger partial charge in [-0.25, -0.2) is 9.07 Å². The van der Waals surface area contributed by atoms with Gasteiger partial charge in [0.2, 0.25) is 5.95 Å². The van der Waals surface area contributed by atoms with Crippen LogP contribution in [0.5, 0.6) is 0 Å². The van der Waals surface area contributed by atoms with Crippen LogP contribution in [0, 0.1) is 5.82 Å². The van der Waals surface area contributed by atoms with Crippen molar-refractivity contribution in [2.75, 3.05) is 5.73 Å². The summed E-state index contributed by atoms with van der Waals surface area (Å²) in [5.74, 6) is 0.823. The van der Waals surface area contributed by atoms with Crippen LogP contribution in [-0.4, -0.2) is 14.8 Å². The van der Waals surface area contributed by atoms with E-state index in [-0.39, 0.29) is 17.7 Å². The molecule has 4 nitrogen and oxygen atoms in total. The summed E-state index contributed by atoms with van der Waals surface area (Å²) in [4.78, 5) is 4.21. The molecule has 17 heavy (non-hydrogen) atoms. The Bertz CT molecular complexity index is 549. The molecule has 0 bridgehead atoms. The number of nitrogen functional groups attached to an aromatic ring is 1. The van der Waals surface area contributed by atoms with Gasteiger partial charge in [-0.05, 0) is 24.5 Å². The SMILES string of the molecule is Nc1nc2n(n1)CCCC2c1ccccc1F. The number of anilines is 1. The Morgan fingerprint density at radius 3 is 3.00 bits per heavy atom. The van der Waals surface area contributed by atoms with Gasteiger partial charge in [0, 0.05) is 12.5 Å². The lowest BCUT2D eigenvalue weighted by atomic mass is 9.91. The van der Waals surface area contributed by atoms with E-state index < -0.39 is 0 Å². The van der Waals surface area contributed by atoms with Crippen molar-refractivity contribution >= 4 is 5.95 Å². The minimum absolute atomic E-state index is 0.0326. The molecular formula is C12H13FN4. The highest BCUT2D eigenvalue weighted by molar-refractivity contribution is 5.30. The molecule has 3 rings (SSSR count). The van der Waals surface area contributed by atoms with Crippen molar-refractivity contribution in [2.24, 2.45) is 0 Å². The summed E-state index contributed by atoms with van der Waals surface area (Å²) in [5.41, 5.74) is 6.28. The number of benzene rings is 1. The molecule has 5 heteroatoms. The summed E-state index contributed by atoms with van der Waals surface area (Å²) in [6.45, 7) is 0.810. The minimum atomic E-state index is -0.187. The topological polar surface area (TPSA) is 56.7 Å². The summed E-state index contributed by atoms with van der Waals surface area (Å²) in [6, 6.07) is 6.83. The van der Waals surface area contributed by atoms with Crippen LogP contribution in [0.4, 0.5) is 10.3 Å². The van der Waals surface area contributed by atoms with Crippen LogP contribution in [0.3, 0.4) is 0 Å². The Balaban J connectivity index is 2.09. The number of hydrogen-bond acceptors (Lipinski definition) is 3. The number of aryl methyl sites for hydroxylation is 1. The number of fused-ring (bicyclic) bond motifs is 1. The zero-order valence-electron chi connectivity index (χ0n) is 9.31. The van der Waals surface area contributed by atoms with E-state index in [1.54, 1.807) is 16.8 Å². The molecule has 1 aromatic carbocycles. The average molecular weight is 232 g/mol. The van der Waals surface area contributed by atoms with Crippen LogP contribution >= 0.6 is 0 Å². The lowest BCUT2D eigenvalue weighted by Gasteiger charge is -2.22. The van der Waals surface area contributed by atoms with Gasteiger partial charge in [0.1, 0.15) is 11.6 Å². The van der Waals surface area contributed by atoms with Crippen molar-refractivity contribution in [3.63, 3.8) is 0 Å². The van der Waals surface area contributed by atoms with Crippen molar-refractivity contribution in [3.05, 3.63) is 41.5 Å². The number of hydrogen-bond donors (Lipinski definition) is 1. The fraction of sp³-hybridized carbons (Fsp3) is 0.333. The highest BCUT2D eigenvalue weighted by atomic mass is 19.1. The summed E-state index contributed by atoms with van der Waals surface area (Å²) < 4.78 is 15.6. The number of nitrogens with two attached hydrogens (primary N) is 1. The van der Waals surface area contributed by atoms with Crippen LogP contribution in [0.25, 0.3) is 0 Å². The molecule has 2 N–H and O–H groups in total. The zero-order chi connectivity index (χ0) is 11.8. The molecule has 0 radical (unpaired) electrons. The minimum Gasteiger partial charge on any atom is -0.366 e. The van der Waals surface area contributed by atoms with Crippen molar-refractivity contribution in [2.45, 2.75) is 25.3 Å². The van der Waals surface area contributed by atoms with Gasteiger partial charge in [-0.15, -0.1) is 5.10 Å². The Morgan fingerprint density at radius 1 is 1.35 bits per heavy atom. The molecular weight excluding hydrogens is 219 g/mol. The molecule has 88 valence electrons. The molecule has 1 atom stereocenters. The van der Waals surface area contributed by atoms with Crippen molar-refractivity contribution in [1.82, 2.24) is 14.8 Å². The van der Waals surface area contributed by atoms with Gasteiger partial charge in [0.15, 0.2) is 0 Å². The first kappa shape index (κ1) is 10.3. The maximum Gasteiger partial charge on any atom is 0.239 e. The van der Waals surface area contributed by atoms with Crippen LogP contribution in [-0.2, 0) is 6.54 Å². The lowest BCUT2D eigenvalue weighted by Crippen LogP contribution is -2.18. The summed E-state index contributed by atoms with van der Waals surface area (Å²) >= 11 is 0. The molecule has 0 aliphatic carbocycles. The maximum absolute atomic E-state index is 13.8. The third-order valence-corrected chi connectivity index (χ3v) is 3.17. The van der Waals surface area contributed by atoms with E-state index in [2.05, 4.69) is 10.1 Å². The van der Waals surface area contributed by atoms with E-state index in [0.29, 0.717) is 5.56 Å². The van der Waals surface area contributed by atoms with Gasteiger partial charge < -0.3 is 5.73 Å². The third-order valence-electron chi connectivity index (χ3n) is 3.17. The largest absolute Gasteiger partial charge is 0.366 e. The Morgan fingerprint density at radius 2 is 2.18 bits per heavy atom. The van der Waals surface area contributed by atoms with Gasteiger partial charge in [-0.1, -0.05) is 18.2 Å². The standard InChI is InChI=1S/C12H13FN4/c13-10-6-2-1-4-8(10)9-5-3-7-17-11(9)15-12(14)16-17/h1-2,4,6,9H,3,5,7H2,(H2,14,16). The van der Waals surface area contributed by atoms with E-state index in [1.165, 1.54) is 6.07 Å². The molecule has 0 amide bonds. The number of nitrogens with zero attached hydrogens (tertiary/aromatic N) is 3. The highest BCUT2D eigenvalue weighted by Crippen LogP contribution is 2.33. The molecule has 1 unspecified atom stereocenters. The van der Waals surface area contributed by atoms with Crippen molar-refractivity contribution in [1.29, 1.82) is 0 Å². The molecule has 0 fully saturated rings. The fourth-order valence-electron chi connectivity index (χ4n) is 2.42. The van der Waals surface area contributed by atoms with E-state index in [1.807, 2.05) is 6.07 Å². The van der Waals surface area contributed by atoms with E-state index in [0.717, 1.165) is 25.2 Å². The Labute approximate surface area is 98.3 Å². The zero-order valence-corrected chi connectivity index (χ0v) is 9.31. The van der Waals surface area contributed by atoms with Crippen molar-refractivity contribution in [3.8, 4) is 0 Å². The normalized spacial score (nSPS) is 19.0. The summed E-state index contributed by atoms with van der Waals surface area (Å²) in [7, 11) is 0. The van der Waals surface area contributed by atoms with Crippen LogP contribution < -0.4 is 5.73 Å². The monoisotopic (exact) mass is 232 g/mol. The molecule has 1 aliphatic heterocycles. The number of aromatic nitrogens is 3. The predicted molar refractivity (Wildman–Crippen MR) is 61.9 cm³/mol. The maximum atomic E-state index is 13.8. The van der Waals surface area contributed by atoms with E-state index in [4.69, 9.17) is 5.73 Å². The molecule has 0 spiro atoms. The van der Waals surface area contributed by atoms with Gasteiger partial charge >= 0.3 is 0 Å². The molecule has 2 heterocycles.